The van der Waals surface area contributed by atoms with Crippen LogP contribution >= 0.6 is 0 Å². The summed E-state index contributed by atoms with van der Waals surface area (Å²) in [6, 6.07) is 3.09. The lowest BCUT2D eigenvalue weighted by molar-refractivity contribution is 0.0456. The Morgan fingerprint density at radius 2 is 1.28 bits per heavy atom. The topological polar surface area (TPSA) is 107 Å². The van der Waals surface area contributed by atoms with Crippen LogP contribution in [0.4, 0.5) is 0 Å². The molecule has 1 aromatic rings. The third-order valence-corrected chi connectivity index (χ3v) is 3.60. The van der Waals surface area contributed by atoms with Crippen LogP contribution in [0.3, 0.4) is 0 Å². The number of carbonyl (C=O) groups excluding carboxylic acids is 2. The van der Waals surface area contributed by atoms with Crippen LogP contribution in [0.15, 0.2) is 23.1 Å². The molecule has 0 unspecified atom stereocenters. The molecule has 0 spiro atoms. The zero-order chi connectivity index (χ0) is 18.5. The van der Waals surface area contributed by atoms with Gasteiger partial charge in [0.15, 0.2) is 0 Å². The first-order valence-corrected chi connectivity index (χ1v) is 8.91. The van der Waals surface area contributed by atoms with Gasteiger partial charge in [-0.25, -0.2) is 9.59 Å². The standard InChI is InChI=1S/C16H22O7S.Mg.2H/c1-10(2)8-22-15(17)12-5-13(16(18)23-9-11(3)4)7-14(6-12)24(19,20)21;;;/h5-7,10-11H,8-9H2,1-4H3,(H,19,20,21);;;. The van der Waals surface area contributed by atoms with E-state index in [-0.39, 0.29) is 59.2 Å². The van der Waals surface area contributed by atoms with Crippen LogP contribution in [-0.4, -0.2) is 61.2 Å². The minimum atomic E-state index is -4.59. The van der Waals surface area contributed by atoms with Gasteiger partial charge in [-0.1, -0.05) is 27.7 Å². The number of benzene rings is 1. The lowest BCUT2D eigenvalue weighted by Gasteiger charge is -2.11. The monoisotopic (exact) mass is 384 g/mol. The quantitative estimate of drug-likeness (QED) is 0.432. The average molecular weight is 385 g/mol. The summed E-state index contributed by atoms with van der Waals surface area (Å²) < 4.78 is 42.0. The second-order valence-corrected chi connectivity index (χ2v) is 7.63. The Balaban J connectivity index is 0.00000576. The van der Waals surface area contributed by atoms with E-state index < -0.39 is 27.0 Å². The van der Waals surface area contributed by atoms with E-state index in [2.05, 4.69) is 0 Å². The first-order chi connectivity index (χ1) is 11.0. The van der Waals surface area contributed by atoms with Crippen LogP contribution in [0.2, 0.25) is 0 Å². The Labute approximate surface area is 164 Å². The zero-order valence-electron chi connectivity index (χ0n) is 14.1. The van der Waals surface area contributed by atoms with E-state index in [1.807, 2.05) is 27.7 Å². The molecule has 25 heavy (non-hydrogen) atoms. The van der Waals surface area contributed by atoms with E-state index in [9.17, 15) is 22.6 Å². The largest absolute Gasteiger partial charge is 0.462 e. The summed E-state index contributed by atoms with van der Waals surface area (Å²) in [6.07, 6.45) is 0. The van der Waals surface area contributed by atoms with Crippen LogP contribution in [-0.2, 0) is 19.6 Å². The van der Waals surface area contributed by atoms with Crippen molar-refractivity contribution in [1.29, 1.82) is 0 Å². The number of ether oxygens (including phenoxy) is 2. The normalized spacial score (nSPS) is 11.2. The van der Waals surface area contributed by atoms with Gasteiger partial charge < -0.3 is 9.47 Å². The molecular formula is C16H24MgO7S. The van der Waals surface area contributed by atoms with Crippen molar-refractivity contribution in [2.24, 2.45) is 11.8 Å². The van der Waals surface area contributed by atoms with E-state index >= 15 is 0 Å². The molecule has 0 aromatic heterocycles. The molecule has 0 amide bonds. The Bertz CT molecular complexity index is 669. The molecule has 0 aliphatic heterocycles. The molecule has 0 atom stereocenters. The third-order valence-electron chi connectivity index (χ3n) is 2.77. The van der Waals surface area contributed by atoms with E-state index in [1.54, 1.807) is 0 Å². The number of carbonyl (C=O) groups is 2. The van der Waals surface area contributed by atoms with E-state index in [1.165, 1.54) is 6.07 Å². The van der Waals surface area contributed by atoms with Gasteiger partial charge in [0, 0.05) is 0 Å². The molecule has 0 aliphatic rings. The first-order valence-electron chi connectivity index (χ1n) is 7.47. The first kappa shape index (κ1) is 23.8. The molecule has 1 rings (SSSR count). The molecule has 138 valence electrons. The van der Waals surface area contributed by atoms with Gasteiger partial charge in [-0.3, -0.25) is 4.55 Å². The number of hydrogen-bond acceptors (Lipinski definition) is 6. The molecule has 1 N–H and O–H groups in total. The second kappa shape index (κ2) is 10.1. The highest BCUT2D eigenvalue weighted by atomic mass is 32.2. The Morgan fingerprint density at radius 3 is 1.56 bits per heavy atom. The lowest BCUT2D eigenvalue weighted by Crippen LogP contribution is -2.15. The second-order valence-electron chi connectivity index (χ2n) is 6.21. The van der Waals surface area contributed by atoms with Crippen LogP contribution < -0.4 is 0 Å². The Hall–Kier alpha value is -1.16. The molecule has 0 saturated carbocycles. The highest BCUT2D eigenvalue weighted by Gasteiger charge is 2.20. The molecule has 9 heteroatoms. The van der Waals surface area contributed by atoms with Gasteiger partial charge in [-0.2, -0.15) is 8.42 Å². The fraction of sp³-hybridized carbons (Fsp3) is 0.500. The third kappa shape index (κ3) is 8.17. The Kier molecular flexibility index (Phi) is 9.63. The fourth-order valence-electron chi connectivity index (χ4n) is 1.64. The van der Waals surface area contributed by atoms with Crippen molar-refractivity contribution < 1.29 is 32.0 Å². The smallest absolute Gasteiger partial charge is 0.338 e. The van der Waals surface area contributed by atoms with Crippen LogP contribution in [0.25, 0.3) is 0 Å². The van der Waals surface area contributed by atoms with Gasteiger partial charge >= 0.3 is 35.0 Å². The molecule has 0 radical (unpaired) electrons. The maximum Gasteiger partial charge on any atom is 0.338 e. The fourth-order valence-corrected chi connectivity index (χ4v) is 2.19. The van der Waals surface area contributed by atoms with Gasteiger partial charge in [0.2, 0.25) is 0 Å². The molecule has 7 nitrogen and oxygen atoms in total. The van der Waals surface area contributed by atoms with Crippen molar-refractivity contribution in [1.82, 2.24) is 0 Å². The highest BCUT2D eigenvalue weighted by molar-refractivity contribution is 7.85. The summed E-state index contributed by atoms with van der Waals surface area (Å²) in [5, 5.41) is 0. The van der Waals surface area contributed by atoms with Crippen molar-refractivity contribution in [2.45, 2.75) is 32.6 Å². The van der Waals surface area contributed by atoms with Crippen molar-refractivity contribution in [3.05, 3.63) is 29.3 Å². The molecule has 1 aromatic carbocycles. The van der Waals surface area contributed by atoms with Gasteiger partial charge in [0.1, 0.15) is 0 Å². The SMILES string of the molecule is CC(C)COC(=O)c1cc(C(=O)OCC(C)C)cc(S(=O)(=O)O)c1.[MgH2]. The van der Waals surface area contributed by atoms with Gasteiger partial charge in [0.25, 0.3) is 10.1 Å². The van der Waals surface area contributed by atoms with E-state index in [0.29, 0.717) is 0 Å². The molecule has 0 fully saturated rings. The minimum absolute atomic E-state index is 0. The molecule has 0 heterocycles. The summed E-state index contributed by atoms with van der Waals surface area (Å²) in [7, 11) is -4.59. The van der Waals surface area contributed by atoms with E-state index in [4.69, 9.17) is 9.47 Å². The summed E-state index contributed by atoms with van der Waals surface area (Å²) in [5.74, 6) is -1.39. The number of esters is 2. The predicted molar refractivity (Wildman–Crippen MR) is 95.0 cm³/mol. The summed E-state index contributed by atoms with van der Waals surface area (Å²) in [5.41, 5.74) is -0.301. The van der Waals surface area contributed by atoms with Crippen molar-refractivity contribution >= 4 is 45.1 Å². The predicted octanol–water partition coefficient (Wildman–Crippen LogP) is 1.64. The maximum absolute atomic E-state index is 12.0. The molecule has 0 saturated heterocycles. The maximum atomic E-state index is 12.0. The van der Waals surface area contributed by atoms with Crippen LogP contribution in [0.1, 0.15) is 48.4 Å². The van der Waals surface area contributed by atoms with Crippen molar-refractivity contribution in [3.8, 4) is 0 Å². The average Bonchev–Trinajstić information content (AvgIpc) is 2.48. The minimum Gasteiger partial charge on any atom is -0.462 e. The molecule has 0 aliphatic carbocycles. The number of rotatable bonds is 7. The molecular weight excluding hydrogens is 361 g/mol. The highest BCUT2D eigenvalue weighted by Crippen LogP contribution is 2.18. The summed E-state index contributed by atoms with van der Waals surface area (Å²) in [4.78, 5) is 23.5. The van der Waals surface area contributed by atoms with Crippen molar-refractivity contribution in [3.63, 3.8) is 0 Å². The van der Waals surface area contributed by atoms with Crippen molar-refractivity contribution in [2.75, 3.05) is 13.2 Å². The van der Waals surface area contributed by atoms with Gasteiger partial charge in [0.05, 0.1) is 29.2 Å². The summed E-state index contributed by atoms with van der Waals surface area (Å²) >= 11 is 0. The van der Waals surface area contributed by atoms with Crippen LogP contribution in [0, 0.1) is 11.8 Å². The zero-order valence-corrected chi connectivity index (χ0v) is 14.9. The number of hydrogen-bond donors (Lipinski definition) is 1. The van der Waals surface area contributed by atoms with E-state index in [0.717, 1.165) is 12.1 Å². The van der Waals surface area contributed by atoms with Gasteiger partial charge in [-0.15, -0.1) is 0 Å². The lowest BCUT2D eigenvalue weighted by atomic mass is 10.1. The van der Waals surface area contributed by atoms with Gasteiger partial charge in [-0.05, 0) is 30.0 Å². The molecule has 0 bridgehead atoms. The summed E-state index contributed by atoms with van der Waals surface area (Å²) in [6.45, 7) is 7.66. The Morgan fingerprint density at radius 1 is 0.920 bits per heavy atom. The van der Waals surface area contributed by atoms with Crippen LogP contribution in [0.5, 0.6) is 0 Å².